The van der Waals surface area contributed by atoms with Crippen LogP contribution in [0.2, 0.25) is 0 Å². The molecule has 0 aliphatic carbocycles. The smallest absolute Gasteiger partial charge is 0.338 e. The lowest BCUT2D eigenvalue weighted by atomic mass is 9.96. The highest BCUT2D eigenvalue weighted by Crippen LogP contribution is 2.33. The number of nitrogens with zero attached hydrogens (tertiary/aromatic N) is 4. The van der Waals surface area contributed by atoms with E-state index in [1.165, 1.54) is 17.4 Å². The van der Waals surface area contributed by atoms with Crippen molar-refractivity contribution in [2.45, 2.75) is 13.0 Å². The lowest BCUT2D eigenvalue weighted by Gasteiger charge is -2.24. The van der Waals surface area contributed by atoms with Gasteiger partial charge in [-0.1, -0.05) is 54.3 Å². The summed E-state index contributed by atoms with van der Waals surface area (Å²) in [7, 11) is 3.19. The summed E-state index contributed by atoms with van der Waals surface area (Å²) in [6, 6.07) is 22.0. The summed E-state index contributed by atoms with van der Waals surface area (Å²) in [6.07, 6.45) is 5.22. The third kappa shape index (κ3) is 5.86. The Labute approximate surface area is 277 Å². The van der Waals surface area contributed by atoms with Crippen molar-refractivity contribution in [3.63, 3.8) is 0 Å². The number of carbonyl (C=O) groups is 1. The first-order valence-electron chi connectivity index (χ1n) is 14.3. The number of carbonyl (C=O) groups excluding carboxylic acids is 1. The van der Waals surface area contributed by atoms with E-state index in [0.29, 0.717) is 37.8 Å². The number of halogens is 1. The number of allylic oxidation sites excluding steroid dienone is 1. The molecule has 1 aliphatic rings. The van der Waals surface area contributed by atoms with Gasteiger partial charge in [-0.2, -0.15) is 5.10 Å². The van der Waals surface area contributed by atoms with Crippen molar-refractivity contribution < 1.29 is 19.0 Å². The van der Waals surface area contributed by atoms with Gasteiger partial charge in [-0.15, -0.1) is 0 Å². The number of ether oxygens (including phenoxy) is 3. The highest BCUT2D eigenvalue weighted by atomic mass is 79.9. The van der Waals surface area contributed by atoms with Crippen molar-refractivity contribution in [2.24, 2.45) is 4.99 Å². The molecule has 0 fully saturated rings. The van der Waals surface area contributed by atoms with Gasteiger partial charge in [0.15, 0.2) is 4.80 Å². The van der Waals surface area contributed by atoms with Crippen LogP contribution in [0.1, 0.15) is 24.1 Å². The molecule has 0 bridgehead atoms. The molecule has 0 saturated carbocycles. The Morgan fingerprint density at radius 1 is 1.07 bits per heavy atom. The van der Waals surface area contributed by atoms with E-state index >= 15 is 0 Å². The lowest BCUT2D eigenvalue weighted by molar-refractivity contribution is -0.138. The van der Waals surface area contributed by atoms with Crippen LogP contribution in [0.3, 0.4) is 0 Å². The number of fused-ring (bicyclic) bond motifs is 1. The first-order valence-corrected chi connectivity index (χ1v) is 15.9. The van der Waals surface area contributed by atoms with Crippen LogP contribution in [0.25, 0.3) is 23.0 Å². The van der Waals surface area contributed by atoms with Crippen molar-refractivity contribution in [3.05, 3.63) is 138 Å². The molecule has 1 atom stereocenters. The quantitative estimate of drug-likeness (QED) is 0.147. The first kappa shape index (κ1) is 31.0. The number of methoxy groups -OCH3 is 2. The van der Waals surface area contributed by atoms with Crippen LogP contribution in [0.15, 0.2) is 117 Å². The first-order chi connectivity index (χ1) is 22.3. The molecule has 9 nitrogen and oxygen atoms in total. The van der Waals surface area contributed by atoms with Crippen LogP contribution in [0, 0.1) is 0 Å². The predicted octanol–water partition coefficient (Wildman–Crippen LogP) is 5.60. The Morgan fingerprint density at radius 2 is 1.83 bits per heavy atom. The minimum absolute atomic E-state index is 0.0328. The fourth-order valence-corrected chi connectivity index (χ4v) is 6.86. The van der Waals surface area contributed by atoms with E-state index in [0.717, 1.165) is 21.3 Å². The van der Waals surface area contributed by atoms with Crippen LogP contribution < -0.4 is 24.4 Å². The molecular weight excluding hydrogens is 668 g/mol. The van der Waals surface area contributed by atoms with Gasteiger partial charge in [0.05, 0.1) is 46.2 Å². The van der Waals surface area contributed by atoms with Crippen molar-refractivity contribution in [3.8, 4) is 28.4 Å². The van der Waals surface area contributed by atoms with Gasteiger partial charge in [0.2, 0.25) is 0 Å². The van der Waals surface area contributed by atoms with E-state index in [9.17, 15) is 9.59 Å². The van der Waals surface area contributed by atoms with Crippen LogP contribution in [0.4, 0.5) is 0 Å². The van der Waals surface area contributed by atoms with E-state index in [-0.39, 0.29) is 17.7 Å². The lowest BCUT2D eigenvalue weighted by Crippen LogP contribution is -2.39. The Bertz CT molecular complexity index is 2160. The molecule has 0 saturated heterocycles. The third-order valence-electron chi connectivity index (χ3n) is 7.48. The minimum atomic E-state index is -0.759. The fourth-order valence-electron chi connectivity index (χ4n) is 5.28. The van der Waals surface area contributed by atoms with E-state index < -0.39 is 12.0 Å². The van der Waals surface area contributed by atoms with Gasteiger partial charge < -0.3 is 14.2 Å². The Hall–Kier alpha value is -5.00. The molecule has 0 amide bonds. The third-order valence-corrected chi connectivity index (χ3v) is 9.08. The second-order valence-electron chi connectivity index (χ2n) is 10.3. The zero-order valence-electron chi connectivity index (χ0n) is 25.3. The summed E-state index contributed by atoms with van der Waals surface area (Å²) in [5.74, 6) is 0.783. The molecular formula is C35H29BrN4O5S. The molecule has 6 rings (SSSR count). The van der Waals surface area contributed by atoms with Crippen LogP contribution >= 0.6 is 27.3 Å². The van der Waals surface area contributed by atoms with Gasteiger partial charge in [-0.05, 0) is 77.0 Å². The number of hydrogen-bond acceptors (Lipinski definition) is 8. The molecule has 11 heteroatoms. The Balaban J connectivity index is 1.55. The molecule has 232 valence electrons. The highest BCUT2D eigenvalue weighted by Gasteiger charge is 2.33. The number of thiazole rings is 1. The molecule has 3 heterocycles. The zero-order chi connectivity index (χ0) is 32.4. The summed E-state index contributed by atoms with van der Waals surface area (Å²) >= 11 is 4.84. The van der Waals surface area contributed by atoms with Gasteiger partial charge in [0, 0.05) is 17.3 Å². The largest absolute Gasteiger partial charge is 0.497 e. The highest BCUT2D eigenvalue weighted by molar-refractivity contribution is 9.10. The molecule has 0 radical (unpaired) electrons. The molecule has 2 aromatic heterocycles. The summed E-state index contributed by atoms with van der Waals surface area (Å²) in [4.78, 5) is 32.8. The monoisotopic (exact) mass is 696 g/mol. The van der Waals surface area contributed by atoms with E-state index in [4.69, 9.17) is 24.3 Å². The molecule has 1 aliphatic heterocycles. The van der Waals surface area contributed by atoms with Crippen molar-refractivity contribution in [1.82, 2.24) is 14.3 Å². The summed E-state index contributed by atoms with van der Waals surface area (Å²) in [5, 5.41) is 4.92. The van der Waals surface area contributed by atoms with Gasteiger partial charge in [-0.25, -0.2) is 14.5 Å². The number of para-hydroxylation sites is 1. The van der Waals surface area contributed by atoms with E-state index in [2.05, 4.69) is 22.5 Å². The maximum atomic E-state index is 14.3. The SMILES string of the molecule is C=CCOC(=O)C1=C(C)N=c2s/c(=C\c3cn(-c4ccccc4)nc3-c3ccc(OC)c(Br)c3)c(=O)n2[C@@H]1c1ccc(OC)cc1. The van der Waals surface area contributed by atoms with E-state index in [1.54, 1.807) is 42.5 Å². The Morgan fingerprint density at radius 3 is 2.50 bits per heavy atom. The number of hydrogen-bond donors (Lipinski definition) is 0. The number of rotatable bonds is 9. The van der Waals surface area contributed by atoms with Crippen molar-refractivity contribution >= 4 is 39.3 Å². The van der Waals surface area contributed by atoms with Crippen LogP contribution in [-0.4, -0.2) is 41.1 Å². The molecule has 46 heavy (non-hydrogen) atoms. The zero-order valence-corrected chi connectivity index (χ0v) is 27.7. The van der Waals surface area contributed by atoms with Crippen LogP contribution in [0.5, 0.6) is 11.5 Å². The van der Waals surface area contributed by atoms with Crippen molar-refractivity contribution in [2.75, 3.05) is 20.8 Å². The van der Waals surface area contributed by atoms with Crippen LogP contribution in [-0.2, 0) is 9.53 Å². The van der Waals surface area contributed by atoms with Gasteiger partial charge in [0.1, 0.15) is 23.8 Å². The molecule has 5 aromatic rings. The number of aromatic nitrogens is 3. The topological polar surface area (TPSA) is 96.9 Å². The number of esters is 1. The van der Waals surface area contributed by atoms with Crippen molar-refractivity contribution in [1.29, 1.82) is 0 Å². The Kier molecular flexibility index (Phi) is 8.87. The molecule has 0 N–H and O–H groups in total. The standard InChI is InChI=1S/C35H29BrN4O5S/c1-5-17-45-34(42)30-21(2)37-35-40(32(30)22-11-14-26(43-3)15-12-22)33(41)29(46-35)19-24-20-39(25-9-7-6-8-10-25)38-31(24)23-13-16-28(44-4)27(36)18-23/h5-16,18-20,32H,1,17H2,2-4H3/b29-19-/t32-/m1/s1. The molecule has 0 spiro atoms. The second-order valence-corrected chi connectivity index (χ2v) is 12.2. The fraction of sp³-hybridized carbons (Fsp3) is 0.143. The van der Waals surface area contributed by atoms with Gasteiger partial charge in [0.25, 0.3) is 5.56 Å². The number of benzene rings is 3. The summed E-state index contributed by atoms with van der Waals surface area (Å²) in [6.45, 7) is 5.43. The predicted molar refractivity (Wildman–Crippen MR) is 181 cm³/mol. The minimum Gasteiger partial charge on any atom is -0.497 e. The second kappa shape index (κ2) is 13.2. The molecule has 0 unspecified atom stereocenters. The maximum absolute atomic E-state index is 14.3. The van der Waals surface area contributed by atoms with Gasteiger partial charge in [-0.3, -0.25) is 9.36 Å². The normalized spacial score (nSPS) is 14.4. The summed E-state index contributed by atoms with van der Waals surface area (Å²) < 4.78 is 20.8. The van der Waals surface area contributed by atoms with E-state index in [1.807, 2.05) is 72.9 Å². The maximum Gasteiger partial charge on any atom is 0.338 e. The average molecular weight is 698 g/mol. The van der Waals surface area contributed by atoms with Gasteiger partial charge >= 0.3 is 5.97 Å². The average Bonchev–Trinajstić information content (AvgIpc) is 3.63. The molecule has 3 aromatic carbocycles. The summed E-state index contributed by atoms with van der Waals surface area (Å²) in [5.41, 5.74) is 4.29.